The van der Waals surface area contributed by atoms with Crippen LogP contribution in [0.1, 0.15) is 11.6 Å². The summed E-state index contributed by atoms with van der Waals surface area (Å²) in [6, 6.07) is 3.31. The second-order valence-corrected chi connectivity index (χ2v) is 7.83. The van der Waals surface area contributed by atoms with E-state index in [1.807, 2.05) is 0 Å². The Morgan fingerprint density at radius 1 is 1.29 bits per heavy atom. The molecule has 1 saturated heterocycles. The second-order valence-electron chi connectivity index (χ2n) is 7.42. The number of pyridine rings is 1. The summed E-state index contributed by atoms with van der Waals surface area (Å²) in [7, 11) is 1.66. The van der Waals surface area contributed by atoms with Crippen molar-refractivity contribution in [3.8, 4) is 11.3 Å². The Hall–Kier alpha value is -1.84. The summed E-state index contributed by atoms with van der Waals surface area (Å²) in [6.45, 7) is 2.15. The van der Waals surface area contributed by atoms with Crippen molar-refractivity contribution in [2.75, 3.05) is 39.1 Å². The Morgan fingerprint density at radius 2 is 2.00 bits per heavy atom. The number of rotatable bonds is 6. The normalized spacial score (nSPS) is 24.5. The lowest BCUT2D eigenvalue weighted by molar-refractivity contribution is -0.143. The van der Waals surface area contributed by atoms with Gasteiger partial charge in [0.15, 0.2) is 0 Å². The number of piperidine rings is 1. The van der Waals surface area contributed by atoms with E-state index < -0.39 is 12.7 Å². The molecular weight excluding hydrogens is 395 g/mol. The van der Waals surface area contributed by atoms with E-state index in [4.69, 9.17) is 22.1 Å². The van der Waals surface area contributed by atoms with Gasteiger partial charge in [0.25, 0.3) is 0 Å². The van der Waals surface area contributed by atoms with Crippen LogP contribution in [0.2, 0.25) is 5.02 Å². The molecule has 0 amide bonds. The van der Waals surface area contributed by atoms with Gasteiger partial charge in [-0.3, -0.25) is 4.68 Å². The van der Waals surface area contributed by atoms with Crippen LogP contribution in [0.4, 0.5) is 19.0 Å². The minimum absolute atomic E-state index is 0.0969. The quantitative estimate of drug-likeness (QED) is 0.785. The lowest BCUT2D eigenvalue weighted by Crippen LogP contribution is -2.28. The van der Waals surface area contributed by atoms with E-state index in [0.717, 1.165) is 24.3 Å². The number of nitrogens with zero attached hydrogens (tertiary/aromatic N) is 4. The van der Waals surface area contributed by atoms with Crippen molar-refractivity contribution in [3.05, 3.63) is 29.0 Å². The fraction of sp³-hybridized carbons (Fsp3) is 0.556. The van der Waals surface area contributed by atoms with E-state index in [-0.39, 0.29) is 16.8 Å². The van der Waals surface area contributed by atoms with E-state index >= 15 is 0 Å². The number of anilines is 1. The maximum absolute atomic E-state index is 13.1. The number of methoxy groups -OCH3 is 1. The van der Waals surface area contributed by atoms with Crippen LogP contribution in [0.5, 0.6) is 0 Å². The van der Waals surface area contributed by atoms with Crippen LogP contribution in [-0.4, -0.2) is 59.2 Å². The molecule has 3 atom stereocenters. The Balaban J connectivity index is 1.58. The van der Waals surface area contributed by atoms with Crippen molar-refractivity contribution in [1.82, 2.24) is 19.7 Å². The van der Waals surface area contributed by atoms with Crippen LogP contribution in [0.3, 0.4) is 0 Å². The van der Waals surface area contributed by atoms with Crippen LogP contribution < -0.4 is 5.73 Å². The van der Waals surface area contributed by atoms with Gasteiger partial charge < -0.3 is 15.4 Å². The maximum atomic E-state index is 13.1. The first kappa shape index (κ1) is 19.5. The SMILES string of the molecule is COCCN1C[C@@H]2[C@H](C1)[C@H]2c1cc(-c2cnc(N)c(Cl)c2)nn1CC(F)(F)F. The van der Waals surface area contributed by atoms with Crippen LogP contribution in [-0.2, 0) is 11.3 Å². The summed E-state index contributed by atoms with van der Waals surface area (Å²) in [5.41, 5.74) is 7.22. The van der Waals surface area contributed by atoms with E-state index in [9.17, 15) is 13.2 Å². The number of aromatic nitrogens is 3. The van der Waals surface area contributed by atoms with E-state index in [2.05, 4.69) is 15.0 Å². The van der Waals surface area contributed by atoms with E-state index in [0.29, 0.717) is 35.4 Å². The molecule has 10 heteroatoms. The van der Waals surface area contributed by atoms with Crippen molar-refractivity contribution >= 4 is 17.4 Å². The van der Waals surface area contributed by atoms with Gasteiger partial charge in [0.05, 0.1) is 17.3 Å². The molecule has 0 unspecified atom stereocenters. The number of ether oxygens (including phenoxy) is 1. The van der Waals surface area contributed by atoms with E-state index in [1.54, 1.807) is 19.2 Å². The average Bonchev–Trinajstić information content (AvgIpc) is 2.95. The molecule has 0 aromatic carbocycles. The monoisotopic (exact) mass is 415 g/mol. The third-order valence-corrected chi connectivity index (χ3v) is 5.83. The zero-order valence-electron chi connectivity index (χ0n) is 15.3. The molecule has 2 aromatic rings. The second kappa shape index (κ2) is 7.20. The van der Waals surface area contributed by atoms with Crippen molar-refractivity contribution in [1.29, 1.82) is 0 Å². The van der Waals surface area contributed by atoms with E-state index in [1.165, 1.54) is 6.20 Å². The van der Waals surface area contributed by atoms with Gasteiger partial charge in [-0.25, -0.2) is 4.98 Å². The summed E-state index contributed by atoms with van der Waals surface area (Å²) >= 11 is 6.01. The molecule has 1 aliphatic carbocycles. The molecule has 0 radical (unpaired) electrons. The summed E-state index contributed by atoms with van der Waals surface area (Å²) in [5, 5.41) is 4.47. The fourth-order valence-corrected chi connectivity index (χ4v) is 4.35. The van der Waals surface area contributed by atoms with Crippen molar-refractivity contribution in [2.24, 2.45) is 11.8 Å². The number of fused-ring (bicyclic) bond motifs is 1. The van der Waals surface area contributed by atoms with Gasteiger partial charge in [0.1, 0.15) is 12.4 Å². The maximum Gasteiger partial charge on any atom is 0.408 e. The number of nitrogens with two attached hydrogens (primary N) is 1. The molecule has 152 valence electrons. The predicted octanol–water partition coefficient (Wildman–Crippen LogP) is 3.03. The first-order valence-electron chi connectivity index (χ1n) is 9.04. The fourth-order valence-electron chi connectivity index (χ4n) is 4.18. The third-order valence-electron chi connectivity index (χ3n) is 5.53. The number of halogens is 4. The topological polar surface area (TPSA) is 69.2 Å². The lowest BCUT2D eigenvalue weighted by atomic mass is 10.1. The lowest BCUT2D eigenvalue weighted by Gasteiger charge is -2.19. The first-order valence-corrected chi connectivity index (χ1v) is 9.42. The molecule has 0 spiro atoms. The van der Waals surface area contributed by atoms with Crippen LogP contribution in [0.15, 0.2) is 18.3 Å². The van der Waals surface area contributed by atoms with Crippen molar-refractivity contribution in [3.63, 3.8) is 0 Å². The third kappa shape index (κ3) is 3.83. The van der Waals surface area contributed by atoms with Crippen LogP contribution in [0.25, 0.3) is 11.3 Å². The number of hydrogen-bond donors (Lipinski definition) is 1. The van der Waals surface area contributed by atoms with Crippen LogP contribution >= 0.6 is 11.6 Å². The number of nitrogen functional groups attached to an aromatic ring is 1. The predicted molar refractivity (Wildman–Crippen MR) is 99.0 cm³/mol. The molecule has 3 heterocycles. The number of hydrogen-bond acceptors (Lipinski definition) is 5. The Labute approximate surface area is 165 Å². The minimum Gasteiger partial charge on any atom is -0.383 e. The molecular formula is C18H21ClF3N5O. The molecule has 6 nitrogen and oxygen atoms in total. The molecule has 28 heavy (non-hydrogen) atoms. The van der Waals surface area contributed by atoms with Crippen molar-refractivity contribution < 1.29 is 17.9 Å². The van der Waals surface area contributed by atoms with Gasteiger partial charge in [-0.05, 0) is 24.0 Å². The Kier molecular flexibility index (Phi) is 5.01. The highest BCUT2D eigenvalue weighted by atomic mass is 35.5. The number of likely N-dealkylation sites (tertiary alicyclic amines) is 1. The highest BCUT2D eigenvalue weighted by Crippen LogP contribution is 2.58. The smallest absolute Gasteiger partial charge is 0.383 e. The molecule has 2 fully saturated rings. The summed E-state index contributed by atoms with van der Waals surface area (Å²) in [6.07, 6.45) is -2.87. The molecule has 1 saturated carbocycles. The number of alkyl halides is 3. The summed E-state index contributed by atoms with van der Waals surface area (Å²) < 4.78 is 45.5. The van der Waals surface area contributed by atoms with Gasteiger partial charge in [-0.1, -0.05) is 11.6 Å². The highest BCUT2D eigenvalue weighted by Gasteiger charge is 2.57. The zero-order valence-corrected chi connectivity index (χ0v) is 16.0. The van der Waals surface area contributed by atoms with Gasteiger partial charge >= 0.3 is 6.18 Å². The molecule has 1 aliphatic heterocycles. The molecule has 2 aromatic heterocycles. The summed E-state index contributed by atoms with van der Waals surface area (Å²) in [4.78, 5) is 6.28. The highest BCUT2D eigenvalue weighted by molar-refractivity contribution is 6.33. The van der Waals surface area contributed by atoms with Gasteiger partial charge in [-0.15, -0.1) is 0 Å². The molecule has 2 aliphatic rings. The zero-order chi connectivity index (χ0) is 20.1. The van der Waals surface area contributed by atoms with Gasteiger partial charge in [0.2, 0.25) is 0 Å². The minimum atomic E-state index is -4.34. The van der Waals surface area contributed by atoms with Gasteiger partial charge in [-0.2, -0.15) is 18.3 Å². The average molecular weight is 416 g/mol. The molecule has 0 bridgehead atoms. The van der Waals surface area contributed by atoms with Crippen LogP contribution in [0, 0.1) is 11.8 Å². The Morgan fingerprint density at radius 3 is 2.61 bits per heavy atom. The largest absolute Gasteiger partial charge is 0.408 e. The van der Waals surface area contributed by atoms with Gasteiger partial charge in [0, 0.05) is 50.1 Å². The van der Waals surface area contributed by atoms with Crippen molar-refractivity contribution in [2.45, 2.75) is 18.6 Å². The first-order chi connectivity index (χ1) is 13.3. The Bertz CT molecular complexity index is 859. The molecule has 2 N–H and O–H groups in total. The standard InChI is InChI=1S/C18H21ClF3N5O/c1-28-3-2-26-7-11-12(8-26)16(11)15-5-14(25-27(15)9-18(20,21)22)10-4-13(19)17(23)24-6-10/h4-6,11-12,16H,2-3,7-9H2,1H3,(H2,23,24)/t11-,12+,16+. The summed E-state index contributed by atoms with van der Waals surface area (Å²) in [5.74, 6) is 0.996. The molecule has 4 rings (SSSR count).